The molecule has 14 heavy (non-hydrogen) atoms. The average Bonchev–Trinajstić information content (AvgIpc) is 2.10. The van der Waals surface area contributed by atoms with Crippen molar-refractivity contribution >= 4 is 46.4 Å². The number of hydrogen-bond donors (Lipinski definition) is 0. The van der Waals surface area contributed by atoms with Crippen LogP contribution in [-0.2, 0) is 0 Å². The SMILES string of the molecule is CCCCCCCCC(Cl)(Cl)C(Cl)Cl. The van der Waals surface area contributed by atoms with Crippen LogP contribution in [0, 0.1) is 0 Å². The van der Waals surface area contributed by atoms with Crippen molar-refractivity contribution in [3.63, 3.8) is 0 Å². The van der Waals surface area contributed by atoms with Crippen LogP contribution in [0.1, 0.15) is 51.9 Å². The Labute approximate surface area is 107 Å². The van der Waals surface area contributed by atoms with Crippen LogP contribution < -0.4 is 0 Å². The van der Waals surface area contributed by atoms with E-state index >= 15 is 0 Å². The molecule has 0 aromatic rings. The molecule has 0 aliphatic carbocycles. The van der Waals surface area contributed by atoms with Crippen molar-refractivity contribution in [1.29, 1.82) is 0 Å². The van der Waals surface area contributed by atoms with Crippen molar-refractivity contribution in [2.75, 3.05) is 0 Å². The third-order valence-electron chi connectivity index (χ3n) is 2.18. The molecule has 4 heteroatoms. The second-order valence-corrected chi connectivity index (χ2v) is 6.22. The number of unbranched alkanes of at least 4 members (excludes halogenated alkanes) is 5. The van der Waals surface area contributed by atoms with Crippen molar-refractivity contribution in [3.05, 3.63) is 0 Å². The van der Waals surface area contributed by atoms with Gasteiger partial charge in [-0.2, -0.15) is 0 Å². The van der Waals surface area contributed by atoms with E-state index < -0.39 is 9.17 Å². The van der Waals surface area contributed by atoms with Gasteiger partial charge in [0.05, 0.1) is 0 Å². The van der Waals surface area contributed by atoms with Gasteiger partial charge in [0.25, 0.3) is 0 Å². The number of hydrogen-bond acceptors (Lipinski definition) is 0. The van der Waals surface area contributed by atoms with E-state index in [2.05, 4.69) is 6.92 Å². The maximum atomic E-state index is 5.91. The van der Waals surface area contributed by atoms with Gasteiger partial charge in [-0.25, -0.2) is 0 Å². The van der Waals surface area contributed by atoms with Crippen molar-refractivity contribution in [2.45, 2.75) is 61.0 Å². The molecule has 0 N–H and O–H groups in total. The quantitative estimate of drug-likeness (QED) is 0.394. The molecule has 0 heterocycles. The zero-order valence-corrected chi connectivity index (χ0v) is 11.6. The fourth-order valence-electron chi connectivity index (χ4n) is 1.25. The van der Waals surface area contributed by atoms with Crippen molar-refractivity contribution in [2.24, 2.45) is 0 Å². The van der Waals surface area contributed by atoms with Gasteiger partial charge in [0, 0.05) is 0 Å². The molecule has 0 rings (SSSR count). The second-order valence-electron chi connectivity index (χ2n) is 3.58. The number of alkyl halides is 4. The summed E-state index contributed by atoms with van der Waals surface area (Å²) in [5, 5.41) is 0. The topological polar surface area (TPSA) is 0 Å². The Balaban J connectivity index is 3.35. The molecule has 0 spiro atoms. The predicted molar refractivity (Wildman–Crippen MR) is 67.9 cm³/mol. The first-order chi connectivity index (χ1) is 6.50. The maximum Gasteiger partial charge on any atom is 0.148 e. The molecule has 0 bridgehead atoms. The van der Waals surface area contributed by atoms with Crippen molar-refractivity contribution in [3.8, 4) is 0 Å². The molecule has 0 fully saturated rings. The Hall–Kier alpha value is 1.16. The number of rotatable bonds is 8. The molecule has 0 radical (unpaired) electrons. The summed E-state index contributed by atoms with van der Waals surface area (Å²) in [7, 11) is 0. The molecule has 0 atom stereocenters. The van der Waals surface area contributed by atoms with Gasteiger partial charge in [0.1, 0.15) is 9.17 Å². The summed E-state index contributed by atoms with van der Waals surface area (Å²) < 4.78 is -0.978. The van der Waals surface area contributed by atoms with Crippen LogP contribution in [-0.4, -0.2) is 9.17 Å². The van der Waals surface area contributed by atoms with E-state index in [1.165, 1.54) is 25.7 Å². The fraction of sp³-hybridized carbons (Fsp3) is 1.00. The minimum Gasteiger partial charge on any atom is -0.102 e. The van der Waals surface area contributed by atoms with Gasteiger partial charge in [-0.05, 0) is 6.42 Å². The summed E-state index contributed by atoms with van der Waals surface area (Å²) in [6.45, 7) is 2.20. The van der Waals surface area contributed by atoms with Crippen LogP contribution in [0.3, 0.4) is 0 Å². The molecule has 0 nitrogen and oxygen atoms in total. The molecule has 86 valence electrons. The Morgan fingerprint density at radius 1 is 0.929 bits per heavy atom. The standard InChI is InChI=1S/C10H18Cl4/c1-2-3-4-5-6-7-8-10(13,14)9(11)12/h9H,2-8H2,1H3. The van der Waals surface area contributed by atoms with Crippen LogP contribution >= 0.6 is 46.4 Å². The molecule has 0 aromatic heterocycles. The van der Waals surface area contributed by atoms with Crippen molar-refractivity contribution in [1.82, 2.24) is 0 Å². The minimum absolute atomic E-state index is 0.667. The monoisotopic (exact) mass is 278 g/mol. The highest BCUT2D eigenvalue weighted by Gasteiger charge is 2.31. The lowest BCUT2D eigenvalue weighted by Crippen LogP contribution is -2.21. The summed E-state index contributed by atoms with van der Waals surface area (Å²) in [6, 6.07) is 0. The smallest absolute Gasteiger partial charge is 0.102 e. The second kappa shape index (κ2) is 8.33. The Kier molecular flexibility index (Phi) is 9.02. The minimum atomic E-state index is -0.978. The summed E-state index contributed by atoms with van der Waals surface area (Å²) in [4.78, 5) is -0.707. The molecule has 0 aliphatic heterocycles. The third kappa shape index (κ3) is 7.45. The lowest BCUT2D eigenvalue weighted by molar-refractivity contribution is 0.572. The van der Waals surface area contributed by atoms with Crippen LogP contribution in [0.25, 0.3) is 0 Å². The van der Waals surface area contributed by atoms with E-state index in [0.29, 0.717) is 6.42 Å². The Morgan fingerprint density at radius 3 is 1.93 bits per heavy atom. The van der Waals surface area contributed by atoms with Gasteiger partial charge in [-0.1, -0.05) is 68.7 Å². The Morgan fingerprint density at radius 2 is 1.43 bits per heavy atom. The molecular formula is C10H18Cl4. The highest BCUT2D eigenvalue weighted by Crippen LogP contribution is 2.36. The highest BCUT2D eigenvalue weighted by atomic mass is 35.5. The molecular weight excluding hydrogens is 262 g/mol. The van der Waals surface area contributed by atoms with Crippen molar-refractivity contribution < 1.29 is 0 Å². The van der Waals surface area contributed by atoms with E-state index in [4.69, 9.17) is 46.4 Å². The lowest BCUT2D eigenvalue weighted by atomic mass is 10.1. The van der Waals surface area contributed by atoms with E-state index in [9.17, 15) is 0 Å². The van der Waals surface area contributed by atoms with E-state index in [0.717, 1.165) is 12.8 Å². The molecule has 0 saturated carbocycles. The Bertz CT molecular complexity index is 134. The molecule has 0 amide bonds. The van der Waals surface area contributed by atoms with Crippen LogP contribution in [0.15, 0.2) is 0 Å². The number of halogens is 4. The van der Waals surface area contributed by atoms with Gasteiger partial charge in [0.2, 0.25) is 0 Å². The summed E-state index contributed by atoms with van der Waals surface area (Å²) >= 11 is 23.1. The van der Waals surface area contributed by atoms with Crippen LogP contribution in [0.5, 0.6) is 0 Å². The summed E-state index contributed by atoms with van der Waals surface area (Å²) in [5.74, 6) is 0. The maximum absolute atomic E-state index is 5.91. The molecule has 0 aliphatic rings. The van der Waals surface area contributed by atoms with Gasteiger partial charge in [0.15, 0.2) is 0 Å². The van der Waals surface area contributed by atoms with Gasteiger partial charge in [-0.3, -0.25) is 0 Å². The van der Waals surface area contributed by atoms with Crippen LogP contribution in [0.4, 0.5) is 0 Å². The molecule has 0 aromatic carbocycles. The first kappa shape index (κ1) is 15.2. The average molecular weight is 280 g/mol. The van der Waals surface area contributed by atoms with E-state index in [-0.39, 0.29) is 0 Å². The van der Waals surface area contributed by atoms with Gasteiger partial charge in [-0.15, -0.1) is 23.2 Å². The predicted octanol–water partition coefficient (Wildman–Crippen LogP) is 5.71. The van der Waals surface area contributed by atoms with Gasteiger partial charge < -0.3 is 0 Å². The fourth-order valence-corrected chi connectivity index (χ4v) is 1.74. The zero-order valence-electron chi connectivity index (χ0n) is 8.54. The first-order valence-electron chi connectivity index (χ1n) is 5.16. The highest BCUT2D eigenvalue weighted by molar-refractivity contribution is 6.59. The molecule has 0 unspecified atom stereocenters. The normalized spacial score (nSPS) is 12.4. The van der Waals surface area contributed by atoms with Gasteiger partial charge >= 0.3 is 0 Å². The van der Waals surface area contributed by atoms with Crippen LogP contribution in [0.2, 0.25) is 0 Å². The largest absolute Gasteiger partial charge is 0.148 e. The third-order valence-corrected chi connectivity index (χ3v) is 4.19. The summed E-state index contributed by atoms with van der Waals surface area (Å²) in [5.41, 5.74) is 0. The first-order valence-corrected chi connectivity index (χ1v) is 6.79. The molecule has 0 saturated heterocycles. The zero-order chi connectivity index (χ0) is 11.0. The van der Waals surface area contributed by atoms with E-state index in [1.54, 1.807) is 0 Å². The summed E-state index contributed by atoms with van der Waals surface area (Å²) in [6.07, 6.45) is 7.92. The lowest BCUT2D eigenvalue weighted by Gasteiger charge is -2.20. The van der Waals surface area contributed by atoms with E-state index in [1.807, 2.05) is 0 Å².